The molecule has 0 saturated heterocycles. The molecule has 0 aliphatic rings. The molecule has 0 fully saturated rings. The van der Waals surface area contributed by atoms with Crippen LogP contribution in [0.1, 0.15) is 123 Å². The molecule has 3 aromatic carbocycles. The zero-order valence-corrected chi connectivity index (χ0v) is 24.4. The Morgan fingerprint density at radius 2 is 0.900 bits per heavy atom. The Morgan fingerprint density at radius 1 is 0.500 bits per heavy atom. The minimum Gasteiger partial charge on any atom is -0.478 e. The van der Waals surface area contributed by atoms with Gasteiger partial charge in [0.05, 0.1) is 11.1 Å². The quantitative estimate of drug-likeness (QED) is 0.157. The molecule has 3 aromatic rings. The third-order valence-electron chi connectivity index (χ3n) is 7.83. The molecule has 2 N–H and O–H groups in total. The molecule has 4 heteroatoms. The fraction of sp³-hybridized carbons (Fsp3) is 0.444. The summed E-state index contributed by atoms with van der Waals surface area (Å²) in [6.45, 7) is 4.41. The van der Waals surface area contributed by atoms with Crippen LogP contribution in [-0.2, 0) is 12.8 Å². The zero-order chi connectivity index (χ0) is 28.7. The van der Waals surface area contributed by atoms with Crippen molar-refractivity contribution in [3.63, 3.8) is 0 Å². The van der Waals surface area contributed by atoms with Gasteiger partial charge in [0, 0.05) is 5.56 Å². The third kappa shape index (κ3) is 8.30. The minimum atomic E-state index is -1.19. The van der Waals surface area contributed by atoms with E-state index in [2.05, 4.69) is 13.8 Å². The largest absolute Gasteiger partial charge is 0.478 e. The van der Waals surface area contributed by atoms with Crippen LogP contribution in [0.15, 0.2) is 60.7 Å². The number of carbonyl (C=O) groups is 2. The average molecular weight is 543 g/mol. The topological polar surface area (TPSA) is 74.6 Å². The van der Waals surface area contributed by atoms with E-state index in [1.165, 1.54) is 38.5 Å². The van der Waals surface area contributed by atoms with Crippen molar-refractivity contribution in [2.24, 2.45) is 0 Å². The number of carboxylic acids is 2. The molecule has 214 valence electrons. The highest BCUT2D eigenvalue weighted by Crippen LogP contribution is 2.43. The molecule has 0 saturated carbocycles. The van der Waals surface area contributed by atoms with Gasteiger partial charge >= 0.3 is 11.9 Å². The maximum atomic E-state index is 12.9. The molecule has 0 unspecified atom stereocenters. The summed E-state index contributed by atoms with van der Waals surface area (Å²) in [5.41, 5.74) is 4.67. The van der Waals surface area contributed by atoms with E-state index in [4.69, 9.17) is 0 Å². The molecular formula is C36H46O4. The molecule has 0 aliphatic carbocycles. The number of carboxylic acid groups (broad SMARTS) is 2. The number of benzene rings is 3. The van der Waals surface area contributed by atoms with Crippen molar-refractivity contribution in [3.8, 4) is 22.3 Å². The maximum absolute atomic E-state index is 12.9. The molecular weight excluding hydrogens is 496 g/mol. The second-order valence-corrected chi connectivity index (χ2v) is 10.8. The van der Waals surface area contributed by atoms with E-state index in [1.807, 2.05) is 60.7 Å². The molecule has 0 radical (unpaired) electrons. The lowest BCUT2D eigenvalue weighted by Crippen LogP contribution is -2.18. The first-order valence-electron chi connectivity index (χ1n) is 15.3. The van der Waals surface area contributed by atoms with Gasteiger partial charge < -0.3 is 10.2 Å². The van der Waals surface area contributed by atoms with Crippen molar-refractivity contribution in [1.82, 2.24) is 0 Å². The molecule has 0 bridgehead atoms. The Kier molecular flexibility index (Phi) is 13.0. The normalized spacial score (nSPS) is 11.1. The number of rotatable bonds is 18. The number of hydrogen-bond acceptors (Lipinski definition) is 2. The van der Waals surface area contributed by atoms with Crippen LogP contribution < -0.4 is 0 Å². The van der Waals surface area contributed by atoms with Crippen LogP contribution in [0.25, 0.3) is 22.3 Å². The van der Waals surface area contributed by atoms with Gasteiger partial charge in [-0.25, -0.2) is 9.59 Å². The summed E-state index contributed by atoms with van der Waals surface area (Å²) in [5, 5.41) is 21.1. The summed E-state index contributed by atoms with van der Waals surface area (Å²) < 4.78 is 0. The second-order valence-electron chi connectivity index (χ2n) is 10.8. The van der Waals surface area contributed by atoms with Crippen LogP contribution in [0.3, 0.4) is 0 Å². The van der Waals surface area contributed by atoms with Crippen LogP contribution in [0.5, 0.6) is 0 Å². The fourth-order valence-electron chi connectivity index (χ4n) is 5.84. The van der Waals surface area contributed by atoms with Crippen LogP contribution in [0.2, 0.25) is 0 Å². The predicted octanol–water partition coefficient (Wildman–Crippen LogP) is 10.2. The van der Waals surface area contributed by atoms with Crippen molar-refractivity contribution in [2.45, 2.75) is 104 Å². The van der Waals surface area contributed by atoms with Gasteiger partial charge in [-0.05, 0) is 53.5 Å². The van der Waals surface area contributed by atoms with Crippen molar-refractivity contribution in [2.75, 3.05) is 0 Å². The predicted molar refractivity (Wildman–Crippen MR) is 165 cm³/mol. The first-order chi connectivity index (χ1) is 19.5. The number of aromatic carboxylic acids is 2. The van der Waals surface area contributed by atoms with E-state index in [-0.39, 0.29) is 11.1 Å². The minimum absolute atomic E-state index is 0.0272. The Balaban J connectivity index is 2.24. The third-order valence-corrected chi connectivity index (χ3v) is 7.83. The number of hydrogen-bond donors (Lipinski definition) is 2. The van der Waals surface area contributed by atoms with E-state index in [1.54, 1.807) is 0 Å². The van der Waals surface area contributed by atoms with Gasteiger partial charge in [0.1, 0.15) is 0 Å². The molecule has 0 spiro atoms. The average Bonchev–Trinajstić information content (AvgIpc) is 2.96. The standard InChI is InChI=1S/C36H46O4/c1-3-5-7-9-11-19-25-29-30(26-20-12-10-8-6-4-2)33(35(37)38)34(36(39)40)32(28-23-17-14-18-24-28)31(29)27-21-15-13-16-22-27/h13-18,21-24H,3-12,19-20,25-26H2,1-2H3,(H,37,38)(H,39,40). The molecule has 0 heterocycles. The van der Waals surface area contributed by atoms with E-state index in [9.17, 15) is 19.8 Å². The Bertz CT molecular complexity index is 1210. The second kappa shape index (κ2) is 16.6. The maximum Gasteiger partial charge on any atom is 0.337 e. The highest BCUT2D eigenvalue weighted by atomic mass is 16.4. The lowest BCUT2D eigenvalue weighted by Gasteiger charge is -2.25. The highest BCUT2D eigenvalue weighted by molar-refractivity contribution is 6.11. The summed E-state index contributed by atoms with van der Waals surface area (Å²) in [5.74, 6) is -2.34. The first kappa shape index (κ1) is 31.1. The van der Waals surface area contributed by atoms with Crippen LogP contribution in [0.4, 0.5) is 0 Å². The van der Waals surface area contributed by atoms with Gasteiger partial charge in [-0.1, -0.05) is 139 Å². The fourth-order valence-corrected chi connectivity index (χ4v) is 5.84. The molecule has 0 aliphatic heterocycles. The highest BCUT2D eigenvalue weighted by Gasteiger charge is 2.31. The van der Waals surface area contributed by atoms with Gasteiger partial charge in [0.15, 0.2) is 0 Å². The monoisotopic (exact) mass is 542 g/mol. The summed E-state index contributed by atoms with van der Waals surface area (Å²) >= 11 is 0. The SMILES string of the molecule is CCCCCCCCc1c(CCCCCCCC)c(-c2ccccc2)c(-c2ccccc2)c(C(=O)O)c1C(=O)O. The lowest BCUT2D eigenvalue weighted by molar-refractivity contribution is 0.0651. The van der Waals surface area contributed by atoms with Gasteiger partial charge in [0.2, 0.25) is 0 Å². The molecule has 0 amide bonds. The van der Waals surface area contributed by atoms with Gasteiger partial charge in [-0.3, -0.25) is 0 Å². The smallest absolute Gasteiger partial charge is 0.337 e. The lowest BCUT2D eigenvalue weighted by atomic mass is 9.78. The van der Waals surface area contributed by atoms with Gasteiger partial charge in [-0.2, -0.15) is 0 Å². The van der Waals surface area contributed by atoms with E-state index < -0.39 is 11.9 Å². The van der Waals surface area contributed by atoms with E-state index in [0.29, 0.717) is 17.5 Å². The van der Waals surface area contributed by atoms with Gasteiger partial charge in [-0.15, -0.1) is 0 Å². The molecule has 40 heavy (non-hydrogen) atoms. The number of unbranched alkanes of at least 4 members (excludes halogenated alkanes) is 10. The molecule has 0 atom stereocenters. The summed E-state index contributed by atoms with van der Waals surface area (Å²) in [6, 6.07) is 19.4. The van der Waals surface area contributed by atoms with Crippen LogP contribution in [0, 0.1) is 0 Å². The van der Waals surface area contributed by atoms with E-state index in [0.717, 1.165) is 67.2 Å². The Morgan fingerprint density at radius 3 is 1.35 bits per heavy atom. The summed E-state index contributed by atoms with van der Waals surface area (Å²) in [7, 11) is 0. The van der Waals surface area contributed by atoms with E-state index >= 15 is 0 Å². The summed E-state index contributed by atoms with van der Waals surface area (Å²) in [4.78, 5) is 25.8. The first-order valence-corrected chi connectivity index (χ1v) is 15.3. The summed E-state index contributed by atoms with van der Waals surface area (Å²) in [6.07, 6.45) is 14.7. The molecule has 0 aromatic heterocycles. The Labute approximate surface area is 240 Å². The molecule has 3 rings (SSSR count). The molecule has 4 nitrogen and oxygen atoms in total. The van der Waals surface area contributed by atoms with Crippen molar-refractivity contribution in [3.05, 3.63) is 82.9 Å². The van der Waals surface area contributed by atoms with Crippen molar-refractivity contribution >= 4 is 11.9 Å². The van der Waals surface area contributed by atoms with Gasteiger partial charge in [0.25, 0.3) is 0 Å². The van der Waals surface area contributed by atoms with Crippen molar-refractivity contribution in [1.29, 1.82) is 0 Å². The van der Waals surface area contributed by atoms with Crippen LogP contribution in [-0.4, -0.2) is 22.2 Å². The zero-order valence-electron chi connectivity index (χ0n) is 24.4. The Hall–Kier alpha value is -3.40. The van der Waals surface area contributed by atoms with Crippen molar-refractivity contribution < 1.29 is 19.8 Å². The van der Waals surface area contributed by atoms with Crippen LogP contribution >= 0.6 is 0 Å².